The second kappa shape index (κ2) is 4.39. The minimum atomic E-state index is -0.375. The standard InChI is InChI=1S/C12H15FN2/c1-7(2)11-9(13)6-10(14-5)12(15-11)8(3)4/h6-8H,1-4H3. The molecule has 0 aliphatic carbocycles. The van der Waals surface area contributed by atoms with E-state index < -0.39 is 0 Å². The van der Waals surface area contributed by atoms with E-state index in [1.165, 1.54) is 6.07 Å². The van der Waals surface area contributed by atoms with Gasteiger partial charge in [-0.1, -0.05) is 27.7 Å². The predicted octanol–water partition coefficient (Wildman–Crippen LogP) is 4.02. The Morgan fingerprint density at radius 3 is 2.13 bits per heavy atom. The molecule has 0 N–H and O–H groups in total. The van der Waals surface area contributed by atoms with Gasteiger partial charge in [0, 0.05) is 0 Å². The molecule has 0 unspecified atom stereocenters. The minimum absolute atomic E-state index is 0.0438. The first-order chi connectivity index (χ1) is 6.97. The van der Waals surface area contributed by atoms with E-state index in [1.807, 2.05) is 27.7 Å². The highest BCUT2D eigenvalue weighted by Gasteiger charge is 2.15. The molecule has 0 saturated carbocycles. The fourth-order valence-electron chi connectivity index (χ4n) is 1.43. The largest absolute Gasteiger partial charge is 0.266 e. The molecule has 80 valence electrons. The molecule has 3 heteroatoms. The molecule has 0 bridgehead atoms. The van der Waals surface area contributed by atoms with Gasteiger partial charge in [0.15, 0.2) is 0 Å². The Hall–Kier alpha value is -1.43. The molecule has 0 fully saturated rings. The Morgan fingerprint density at radius 1 is 1.20 bits per heavy atom. The van der Waals surface area contributed by atoms with Gasteiger partial charge in [0.1, 0.15) is 5.82 Å². The Kier molecular flexibility index (Phi) is 3.41. The highest BCUT2D eigenvalue weighted by molar-refractivity contribution is 5.51. The van der Waals surface area contributed by atoms with Gasteiger partial charge in [-0.2, -0.15) is 0 Å². The van der Waals surface area contributed by atoms with Gasteiger partial charge in [-0.25, -0.2) is 9.24 Å². The quantitative estimate of drug-likeness (QED) is 0.668. The number of halogens is 1. The van der Waals surface area contributed by atoms with Gasteiger partial charge in [0.05, 0.1) is 18.0 Å². The number of rotatable bonds is 2. The summed E-state index contributed by atoms with van der Waals surface area (Å²) in [5.74, 6) is -0.185. The summed E-state index contributed by atoms with van der Waals surface area (Å²) in [4.78, 5) is 7.55. The zero-order valence-corrected chi connectivity index (χ0v) is 9.50. The Bertz CT molecular complexity index is 403. The zero-order valence-electron chi connectivity index (χ0n) is 9.50. The van der Waals surface area contributed by atoms with Crippen LogP contribution in [0.4, 0.5) is 10.1 Å². The van der Waals surface area contributed by atoms with Crippen molar-refractivity contribution in [1.82, 2.24) is 4.98 Å². The number of hydrogen-bond donors (Lipinski definition) is 0. The van der Waals surface area contributed by atoms with Crippen LogP contribution in [0.25, 0.3) is 4.85 Å². The van der Waals surface area contributed by atoms with E-state index in [-0.39, 0.29) is 17.7 Å². The summed E-state index contributed by atoms with van der Waals surface area (Å²) in [7, 11) is 0. The van der Waals surface area contributed by atoms with Crippen molar-refractivity contribution in [3.05, 3.63) is 34.7 Å². The average Bonchev–Trinajstić information content (AvgIpc) is 2.16. The van der Waals surface area contributed by atoms with Gasteiger partial charge >= 0.3 is 0 Å². The number of pyridine rings is 1. The SMILES string of the molecule is [C-]#[N+]c1cc(F)c(C(C)C)nc1C(C)C. The molecule has 0 aromatic carbocycles. The highest BCUT2D eigenvalue weighted by atomic mass is 19.1. The Labute approximate surface area is 90.0 Å². The molecule has 0 aliphatic rings. The molecule has 0 saturated heterocycles. The molecule has 1 rings (SSSR count). The summed E-state index contributed by atoms with van der Waals surface area (Å²) in [6, 6.07) is 1.30. The predicted molar refractivity (Wildman–Crippen MR) is 58.6 cm³/mol. The van der Waals surface area contributed by atoms with Gasteiger partial charge in [-0.05, 0) is 17.9 Å². The van der Waals surface area contributed by atoms with E-state index in [0.717, 1.165) is 0 Å². The fourth-order valence-corrected chi connectivity index (χ4v) is 1.43. The van der Waals surface area contributed by atoms with Crippen molar-refractivity contribution < 1.29 is 4.39 Å². The molecular weight excluding hydrogens is 191 g/mol. The molecule has 1 aromatic heterocycles. The fraction of sp³-hybridized carbons (Fsp3) is 0.500. The van der Waals surface area contributed by atoms with Crippen molar-refractivity contribution in [2.45, 2.75) is 39.5 Å². The zero-order chi connectivity index (χ0) is 11.6. The first kappa shape index (κ1) is 11.6. The molecule has 0 amide bonds. The van der Waals surface area contributed by atoms with Crippen molar-refractivity contribution in [2.24, 2.45) is 0 Å². The van der Waals surface area contributed by atoms with Crippen LogP contribution >= 0.6 is 0 Å². The van der Waals surface area contributed by atoms with Gasteiger partial charge < -0.3 is 0 Å². The summed E-state index contributed by atoms with van der Waals surface area (Å²) < 4.78 is 13.5. The first-order valence-electron chi connectivity index (χ1n) is 5.05. The van der Waals surface area contributed by atoms with Crippen LogP contribution in [0.2, 0.25) is 0 Å². The smallest absolute Gasteiger partial charge is 0.211 e. The molecule has 0 radical (unpaired) electrons. The molecule has 2 nitrogen and oxygen atoms in total. The van der Waals surface area contributed by atoms with Crippen molar-refractivity contribution in [3.8, 4) is 0 Å². The Morgan fingerprint density at radius 2 is 1.73 bits per heavy atom. The molecule has 0 spiro atoms. The molecular formula is C12H15FN2. The van der Waals surface area contributed by atoms with Crippen LogP contribution in [0.1, 0.15) is 50.9 Å². The van der Waals surface area contributed by atoms with Crippen LogP contribution in [-0.4, -0.2) is 4.98 Å². The van der Waals surface area contributed by atoms with E-state index >= 15 is 0 Å². The van der Waals surface area contributed by atoms with E-state index in [9.17, 15) is 4.39 Å². The maximum absolute atomic E-state index is 13.5. The van der Waals surface area contributed by atoms with Gasteiger partial charge in [-0.15, -0.1) is 0 Å². The third-order valence-corrected chi connectivity index (χ3v) is 2.23. The lowest BCUT2D eigenvalue weighted by Gasteiger charge is -2.12. The third-order valence-electron chi connectivity index (χ3n) is 2.23. The van der Waals surface area contributed by atoms with Crippen molar-refractivity contribution in [3.63, 3.8) is 0 Å². The first-order valence-corrected chi connectivity index (χ1v) is 5.05. The Balaban J connectivity index is 3.39. The summed E-state index contributed by atoms with van der Waals surface area (Å²) in [6.07, 6.45) is 0. The lowest BCUT2D eigenvalue weighted by Crippen LogP contribution is -2.03. The molecule has 1 aromatic rings. The van der Waals surface area contributed by atoms with Crippen molar-refractivity contribution in [2.75, 3.05) is 0 Å². The van der Waals surface area contributed by atoms with Crippen LogP contribution in [0.15, 0.2) is 6.07 Å². The second-order valence-electron chi connectivity index (χ2n) is 4.18. The monoisotopic (exact) mass is 206 g/mol. The normalized spacial score (nSPS) is 10.8. The summed E-state index contributed by atoms with van der Waals surface area (Å²) >= 11 is 0. The van der Waals surface area contributed by atoms with Gasteiger partial charge in [0.25, 0.3) is 0 Å². The highest BCUT2D eigenvalue weighted by Crippen LogP contribution is 2.29. The van der Waals surface area contributed by atoms with E-state index in [1.54, 1.807) is 0 Å². The summed E-state index contributed by atoms with van der Waals surface area (Å²) in [6.45, 7) is 14.7. The lowest BCUT2D eigenvalue weighted by molar-refractivity contribution is 0.580. The molecule has 15 heavy (non-hydrogen) atoms. The maximum Gasteiger partial charge on any atom is 0.211 e. The summed E-state index contributed by atoms with van der Waals surface area (Å²) in [5, 5.41) is 0. The van der Waals surface area contributed by atoms with Crippen LogP contribution < -0.4 is 0 Å². The molecule has 0 atom stereocenters. The van der Waals surface area contributed by atoms with Crippen LogP contribution in [0.3, 0.4) is 0 Å². The lowest BCUT2D eigenvalue weighted by atomic mass is 10.0. The minimum Gasteiger partial charge on any atom is -0.266 e. The number of hydrogen-bond acceptors (Lipinski definition) is 1. The van der Waals surface area contributed by atoms with Crippen LogP contribution in [0, 0.1) is 12.4 Å². The van der Waals surface area contributed by atoms with Gasteiger partial charge in [-0.3, -0.25) is 4.98 Å². The van der Waals surface area contributed by atoms with Crippen LogP contribution in [0.5, 0.6) is 0 Å². The van der Waals surface area contributed by atoms with E-state index in [2.05, 4.69) is 9.83 Å². The maximum atomic E-state index is 13.5. The van der Waals surface area contributed by atoms with Crippen LogP contribution in [-0.2, 0) is 0 Å². The van der Waals surface area contributed by atoms with Crippen molar-refractivity contribution in [1.29, 1.82) is 0 Å². The number of nitrogens with zero attached hydrogens (tertiary/aromatic N) is 2. The molecule has 1 heterocycles. The third kappa shape index (κ3) is 2.33. The average molecular weight is 206 g/mol. The number of aromatic nitrogens is 1. The topological polar surface area (TPSA) is 17.2 Å². The van der Waals surface area contributed by atoms with Crippen molar-refractivity contribution >= 4 is 5.69 Å². The van der Waals surface area contributed by atoms with E-state index in [4.69, 9.17) is 6.57 Å². The van der Waals surface area contributed by atoms with E-state index in [0.29, 0.717) is 17.1 Å². The molecule has 0 aliphatic heterocycles. The summed E-state index contributed by atoms with van der Waals surface area (Å²) in [5.41, 5.74) is 1.47. The second-order valence-corrected chi connectivity index (χ2v) is 4.18. The van der Waals surface area contributed by atoms with Gasteiger partial charge in [0.2, 0.25) is 5.69 Å².